The Morgan fingerprint density at radius 3 is 2.02 bits per heavy atom. The SMILES string of the molecule is COc1ccc(N(C(=O)OC(C)(C)C)[C@H](CO[Si](C)(c2ccccc2)c2cccc3ccccc23)c2ccccc2)cc1. The summed E-state index contributed by atoms with van der Waals surface area (Å²) in [7, 11) is -1.18. The highest BCUT2D eigenvalue weighted by Gasteiger charge is 2.39. The van der Waals surface area contributed by atoms with Gasteiger partial charge in [0.1, 0.15) is 11.4 Å². The largest absolute Gasteiger partial charge is 0.497 e. The molecule has 0 spiro atoms. The van der Waals surface area contributed by atoms with Gasteiger partial charge in [0.25, 0.3) is 8.32 Å². The van der Waals surface area contributed by atoms with Gasteiger partial charge in [-0.2, -0.15) is 0 Å². The zero-order valence-electron chi connectivity index (χ0n) is 25.5. The van der Waals surface area contributed by atoms with Crippen LogP contribution < -0.4 is 20.0 Å². The van der Waals surface area contributed by atoms with Crippen LogP contribution in [0.5, 0.6) is 5.75 Å². The van der Waals surface area contributed by atoms with E-state index < -0.39 is 26.1 Å². The molecule has 1 amide bonds. The molecule has 5 nitrogen and oxygen atoms in total. The molecule has 2 atom stereocenters. The van der Waals surface area contributed by atoms with E-state index >= 15 is 0 Å². The molecule has 0 N–H and O–H groups in total. The molecule has 0 aromatic heterocycles. The highest BCUT2D eigenvalue weighted by molar-refractivity contribution is 6.98. The van der Waals surface area contributed by atoms with Crippen molar-refractivity contribution in [3.8, 4) is 5.75 Å². The standard InChI is InChI=1S/C37H39NO4Si/c1-37(2,3)42-36(39)38(30-23-25-31(40-4)26-24-30)34(29-16-8-6-9-17-29)27-41-43(5,32-19-10-7-11-20-32)35-22-14-18-28-15-12-13-21-33(28)35/h6-26,34H,27H2,1-5H3/t34-,43?/m1/s1. The summed E-state index contributed by atoms with van der Waals surface area (Å²) in [5.74, 6) is 0.709. The van der Waals surface area contributed by atoms with Crippen molar-refractivity contribution in [3.05, 3.63) is 133 Å². The Hall–Kier alpha value is -4.39. The number of carbonyl (C=O) groups is 1. The number of hydrogen-bond donors (Lipinski definition) is 0. The number of benzene rings is 5. The molecule has 0 fully saturated rings. The molecule has 0 aliphatic carbocycles. The second kappa shape index (κ2) is 12.9. The van der Waals surface area contributed by atoms with E-state index in [1.165, 1.54) is 16.0 Å². The lowest BCUT2D eigenvalue weighted by Gasteiger charge is -2.37. The Kier molecular flexibility index (Phi) is 8.99. The Bertz CT molecular complexity index is 1650. The average molecular weight is 590 g/mol. The first-order chi connectivity index (χ1) is 20.7. The molecule has 5 aromatic carbocycles. The van der Waals surface area contributed by atoms with Crippen LogP contribution in [0.15, 0.2) is 127 Å². The lowest BCUT2D eigenvalue weighted by Crippen LogP contribution is -2.59. The van der Waals surface area contributed by atoms with Crippen LogP contribution in [0.1, 0.15) is 32.4 Å². The van der Waals surface area contributed by atoms with Crippen molar-refractivity contribution in [2.75, 3.05) is 18.6 Å². The van der Waals surface area contributed by atoms with Crippen LogP contribution in [0, 0.1) is 0 Å². The zero-order valence-corrected chi connectivity index (χ0v) is 26.5. The van der Waals surface area contributed by atoms with Crippen molar-refractivity contribution in [1.82, 2.24) is 0 Å². The molecule has 0 aliphatic rings. The van der Waals surface area contributed by atoms with E-state index in [0.717, 1.165) is 10.8 Å². The van der Waals surface area contributed by atoms with E-state index in [1.807, 2.05) is 81.4 Å². The minimum atomic E-state index is -2.80. The molecular formula is C37H39NO4Si. The number of anilines is 1. The van der Waals surface area contributed by atoms with Gasteiger partial charge in [0, 0.05) is 5.69 Å². The summed E-state index contributed by atoms with van der Waals surface area (Å²) in [6.07, 6.45) is -0.441. The lowest BCUT2D eigenvalue weighted by molar-refractivity contribution is 0.0553. The maximum Gasteiger partial charge on any atom is 0.415 e. The number of hydrogen-bond acceptors (Lipinski definition) is 4. The van der Waals surface area contributed by atoms with Gasteiger partial charge in [-0.25, -0.2) is 4.79 Å². The van der Waals surface area contributed by atoms with Gasteiger partial charge in [0.2, 0.25) is 0 Å². The van der Waals surface area contributed by atoms with E-state index in [9.17, 15) is 4.79 Å². The summed E-state index contributed by atoms with van der Waals surface area (Å²) in [6, 6.07) is 42.4. The topological polar surface area (TPSA) is 48.0 Å². The van der Waals surface area contributed by atoms with Crippen LogP contribution >= 0.6 is 0 Å². The number of carbonyl (C=O) groups excluding carboxylic acids is 1. The fourth-order valence-electron chi connectivity index (χ4n) is 5.42. The van der Waals surface area contributed by atoms with Crippen LogP contribution in [-0.2, 0) is 9.16 Å². The summed E-state index contributed by atoms with van der Waals surface area (Å²) in [4.78, 5) is 15.7. The number of amides is 1. The van der Waals surface area contributed by atoms with Crippen molar-refractivity contribution in [1.29, 1.82) is 0 Å². The highest BCUT2D eigenvalue weighted by atomic mass is 28.4. The first-order valence-electron chi connectivity index (χ1n) is 14.6. The lowest BCUT2D eigenvalue weighted by atomic mass is 10.1. The van der Waals surface area contributed by atoms with E-state index in [2.05, 4.69) is 73.3 Å². The van der Waals surface area contributed by atoms with Crippen LogP contribution in [0.4, 0.5) is 10.5 Å². The van der Waals surface area contributed by atoms with E-state index in [0.29, 0.717) is 11.4 Å². The molecule has 0 radical (unpaired) electrons. The van der Waals surface area contributed by atoms with Gasteiger partial charge in [-0.05, 0) is 78.3 Å². The molecule has 1 unspecified atom stereocenters. The molecule has 5 aromatic rings. The Balaban J connectivity index is 1.63. The van der Waals surface area contributed by atoms with Gasteiger partial charge in [-0.15, -0.1) is 0 Å². The van der Waals surface area contributed by atoms with Gasteiger partial charge in [0.15, 0.2) is 0 Å². The van der Waals surface area contributed by atoms with Crippen molar-refractivity contribution in [3.63, 3.8) is 0 Å². The predicted molar refractivity (Wildman–Crippen MR) is 178 cm³/mol. The fourth-order valence-corrected chi connectivity index (χ4v) is 8.53. The van der Waals surface area contributed by atoms with Crippen molar-refractivity contribution in [2.45, 2.75) is 39.0 Å². The number of rotatable bonds is 9. The second-order valence-corrected chi connectivity index (χ2v) is 15.2. The van der Waals surface area contributed by atoms with E-state index in [1.54, 1.807) is 12.0 Å². The monoisotopic (exact) mass is 589 g/mol. The molecule has 6 heteroatoms. The molecule has 43 heavy (non-hydrogen) atoms. The smallest absolute Gasteiger partial charge is 0.415 e. The van der Waals surface area contributed by atoms with E-state index in [4.69, 9.17) is 13.9 Å². The van der Waals surface area contributed by atoms with Gasteiger partial charge in [0.05, 0.1) is 19.8 Å². The number of fused-ring (bicyclic) bond motifs is 1. The van der Waals surface area contributed by atoms with Crippen LogP contribution in [0.25, 0.3) is 10.8 Å². The normalized spacial score (nSPS) is 13.6. The Labute approximate surface area is 255 Å². The third-order valence-electron chi connectivity index (χ3n) is 7.59. The third kappa shape index (κ3) is 6.82. The molecule has 0 aliphatic heterocycles. The summed E-state index contributed by atoms with van der Waals surface area (Å²) in [5.41, 5.74) is 0.965. The van der Waals surface area contributed by atoms with Gasteiger partial charge >= 0.3 is 6.09 Å². The molecule has 0 heterocycles. The maximum atomic E-state index is 14.0. The summed E-state index contributed by atoms with van der Waals surface area (Å²) in [6.45, 7) is 8.15. The van der Waals surface area contributed by atoms with Gasteiger partial charge in [-0.3, -0.25) is 4.90 Å². The van der Waals surface area contributed by atoms with E-state index in [-0.39, 0.29) is 6.61 Å². The van der Waals surface area contributed by atoms with Crippen LogP contribution in [0.2, 0.25) is 6.55 Å². The highest BCUT2D eigenvalue weighted by Crippen LogP contribution is 2.32. The first kappa shape index (κ1) is 30.1. The summed E-state index contributed by atoms with van der Waals surface area (Å²) < 4.78 is 18.6. The third-order valence-corrected chi connectivity index (χ3v) is 11.2. The quantitative estimate of drug-likeness (QED) is 0.165. The molecule has 0 saturated heterocycles. The Morgan fingerprint density at radius 2 is 1.37 bits per heavy atom. The molecule has 220 valence electrons. The maximum absolute atomic E-state index is 14.0. The second-order valence-electron chi connectivity index (χ2n) is 11.7. The molecular weight excluding hydrogens is 550 g/mol. The van der Waals surface area contributed by atoms with Crippen molar-refractivity contribution in [2.24, 2.45) is 0 Å². The number of methoxy groups -OCH3 is 1. The molecule has 0 saturated carbocycles. The predicted octanol–water partition coefficient (Wildman–Crippen LogP) is 7.74. The van der Waals surface area contributed by atoms with Gasteiger partial charge in [-0.1, -0.05) is 103 Å². The first-order valence-corrected chi connectivity index (χ1v) is 17.0. The van der Waals surface area contributed by atoms with Crippen molar-refractivity contribution >= 4 is 41.2 Å². The Morgan fingerprint density at radius 1 is 0.767 bits per heavy atom. The number of ether oxygens (including phenoxy) is 2. The fraction of sp³-hybridized carbons (Fsp3) is 0.216. The minimum Gasteiger partial charge on any atom is -0.497 e. The van der Waals surface area contributed by atoms with Crippen LogP contribution in [-0.4, -0.2) is 33.7 Å². The minimum absolute atomic E-state index is 0.260. The number of nitrogens with zero attached hydrogens (tertiary/aromatic N) is 1. The van der Waals surface area contributed by atoms with Crippen LogP contribution in [0.3, 0.4) is 0 Å². The van der Waals surface area contributed by atoms with Gasteiger partial charge < -0.3 is 13.9 Å². The molecule has 5 rings (SSSR count). The zero-order chi connectivity index (χ0) is 30.5. The summed E-state index contributed by atoms with van der Waals surface area (Å²) >= 11 is 0. The summed E-state index contributed by atoms with van der Waals surface area (Å²) in [5, 5.41) is 4.70. The average Bonchev–Trinajstić information content (AvgIpc) is 3.02. The van der Waals surface area contributed by atoms with Crippen molar-refractivity contribution < 1.29 is 18.7 Å². The molecule has 0 bridgehead atoms.